The normalized spacial score (nSPS) is 19.0. The molecular weight excluding hydrogens is 292 g/mol. The molecule has 23 heavy (non-hydrogen) atoms. The zero-order chi connectivity index (χ0) is 16.9. The van der Waals surface area contributed by atoms with E-state index in [2.05, 4.69) is 26.7 Å². The summed E-state index contributed by atoms with van der Waals surface area (Å²) in [6, 6.07) is 0.603. The van der Waals surface area contributed by atoms with Gasteiger partial charge in [-0.3, -0.25) is 4.90 Å². The van der Waals surface area contributed by atoms with Crippen LogP contribution in [0, 0.1) is 0 Å². The maximum absolute atomic E-state index is 11.7. The number of ether oxygens (including phenoxy) is 1. The van der Waals surface area contributed by atoms with Crippen molar-refractivity contribution in [3.63, 3.8) is 0 Å². The van der Waals surface area contributed by atoms with Crippen LogP contribution in [0.15, 0.2) is 12.5 Å². The molecule has 1 N–H and O–H groups in total. The number of rotatable bonds is 6. The second-order valence-electron chi connectivity index (χ2n) is 7.14. The number of alkyl carbamates (subject to hydrolysis) is 1. The van der Waals surface area contributed by atoms with E-state index in [1.54, 1.807) is 0 Å². The zero-order valence-corrected chi connectivity index (χ0v) is 14.8. The fourth-order valence-electron chi connectivity index (χ4n) is 3.07. The number of likely N-dealkylation sites (N-methyl/N-ethyl adjacent to an activating group) is 1. The monoisotopic (exact) mass is 322 g/mol. The van der Waals surface area contributed by atoms with Crippen molar-refractivity contribution >= 4 is 6.09 Å². The Morgan fingerprint density at radius 3 is 2.96 bits per heavy atom. The molecule has 1 aliphatic rings. The fourth-order valence-corrected chi connectivity index (χ4v) is 3.07. The van der Waals surface area contributed by atoms with E-state index in [0.717, 1.165) is 25.2 Å². The molecule has 130 valence electrons. The maximum Gasteiger partial charge on any atom is 0.407 e. The highest BCUT2D eigenvalue weighted by molar-refractivity contribution is 5.67. The lowest BCUT2D eigenvalue weighted by molar-refractivity contribution is 0.0528. The Morgan fingerprint density at radius 1 is 1.48 bits per heavy atom. The molecule has 1 saturated heterocycles. The molecule has 0 aliphatic carbocycles. The molecule has 6 nitrogen and oxygen atoms in total. The molecule has 1 unspecified atom stereocenters. The second-order valence-corrected chi connectivity index (χ2v) is 7.14. The summed E-state index contributed by atoms with van der Waals surface area (Å²) >= 11 is 0. The van der Waals surface area contributed by atoms with E-state index in [0.29, 0.717) is 12.6 Å². The van der Waals surface area contributed by atoms with Gasteiger partial charge >= 0.3 is 6.09 Å². The number of aromatic nitrogens is 2. The van der Waals surface area contributed by atoms with Crippen molar-refractivity contribution in [2.45, 2.75) is 65.1 Å². The van der Waals surface area contributed by atoms with Crippen LogP contribution in [0.5, 0.6) is 0 Å². The molecule has 0 aromatic carbocycles. The first-order chi connectivity index (χ1) is 10.9. The number of nitrogens with zero attached hydrogens (tertiary/aromatic N) is 3. The molecule has 0 spiro atoms. The molecule has 1 fully saturated rings. The molecule has 1 amide bonds. The van der Waals surface area contributed by atoms with Gasteiger partial charge in [0, 0.05) is 37.4 Å². The van der Waals surface area contributed by atoms with Crippen LogP contribution in [0.2, 0.25) is 0 Å². The number of amides is 1. The van der Waals surface area contributed by atoms with Crippen molar-refractivity contribution < 1.29 is 9.53 Å². The minimum Gasteiger partial charge on any atom is -0.444 e. The Kier molecular flexibility index (Phi) is 6.04. The summed E-state index contributed by atoms with van der Waals surface area (Å²) in [5.74, 6) is 0. The van der Waals surface area contributed by atoms with Gasteiger partial charge in [-0.1, -0.05) is 6.92 Å². The van der Waals surface area contributed by atoms with E-state index in [-0.39, 0.29) is 6.09 Å². The third-order valence-electron chi connectivity index (χ3n) is 4.16. The minimum absolute atomic E-state index is 0.364. The van der Waals surface area contributed by atoms with Gasteiger partial charge in [0.1, 0.15) is 5.60 Å². The van der Waals surface area contributed by atoms with E-state index in [4.69, 9.17) is 4.74 Å². The van der Waals surface area contributed by atoms with Crippen LogP contribution in [-0.4, -0.2) is 51.8 Å². The van der Waals surface area contributed by atoms with E-state index in [1.807, 2.05) is 33.3 Å². The molecule has 0 bridgehead atoms. The molecule has 6 heteroatoms. The fraction of sp³-hybridized carbons (Fsp3) is 0.765. The summed E-state index contributed by atoms with van der Waals surface area (Å²) in [4.78, 5) is 18.5. The summed E-state index contributed by atoms with van der Waals surface area (Å²) in [7, 11) is 0. The third kappa shape index (κ3) is 5.53. The van der Waals surface area contributed by atoms with Gasteiger partial charge < -0.3 is 14.6 Å². The molecular formula is C17H30N4O2. The largest absolute Gasteiger partial charge is 0.444 e. The minimum atomic E-state index is -0.460. The van der Waals surface area contributed by atoms with Crippen molar-refractivity contribution in [1.29, 1.82) is 0 Å². The van der Waals surface area contributed by atoms with Crippen LogP contribution in [0.25, 0.3) is 0 Å². The molecule has 1 aliphatic heterocycles. The van der Waals surface area contributed by atoms with Crippen LogP contribution < -0.4 is 5.32 Å². The van der Waals surface area contributed by atoms with Gasteiger partial charge in [-0.05, 0) is 46.7 Å². The number of hydrogen-bond donors (Lipinski definition) is 1. The second kappa shape index (κ2) is 7.81. The van der Waals surface area contributed by atoms with Gasteiger partial charge in [-0.25, -0.2) is 9.78 Å². The highest BCUT2D eigenvalue weighted by atomic mass is 16.6. The Hall–Kier alpha value is -1.56. The summed E-state index contributed by atoms with van der Waals surface area (Å²) < 4.78 is 7.46. The van der Waals surface area contributed by atoms with Gasteiger partial charge in [0.05, 0.1) is 6.33 Å². The quantitative estimate of drug-likeness (QED) is 0.874. The third-order valence-corrected chi connectivity index (χ3v) is 4.16. The van der Waals surface area contributed by atoms with Gasteiger partial charge in [-0.15, -0.1) is 0 Å². The van der Waals surface area contributed by atoms with Gasteiger partial charge in [0.15, 0.2) is 0 Å². The van der Waals surface area contributed by atoms with Crippen molar-refractivity contribution in [2.75, 3.05) is 19.6 Å². The number of nitrogens with one attached hydrogen (secondary N) is 1. The van der Waals surface area contributed by atoms with Crippen molar-refractivity contribution in [2.24, 2.45) is 0 Å². The highest BCUT2D eigenvalue weighted by Crippen LogP contribution is 2.19. The maximum atomic E-state index is 11.7. The Balaban J connectivity index is 1.81. The number of imidazole rings is 1. The van der Waals surface area contributed by atoms with Crippen molar-refractivity contribution in [3.8, 4) is 0 Å². The topological polar surface area (TPSA) is 59.4 Å². The molecule has 1 aromatic rings. The Labute approximate surface area is 139 Å². The Bertz CT molecular complexity index is 507. The molecule has 0 radical (unpaired) electrons. The SMILES string of the molecule is CCN1CCCC1Cn1cncc1CCNC(=O)OC(C)(C)C. The average molecular weight is 322 g/mol. The molecule has 1 aromatic heterocycles. The van der Waals surface area contributed by atoms with E-state index in [1.165, 1.54) is 19.4 Å². The smallest absolute Gasteiger partial charge is 0.407 e. The summed E-state index contributed by atoms with van der Waals surface area (Å²) in [5.41, 5.74) is 0.696. The molecule has 0 saturated carbocycles. The first-order valence-corrected chi connectivity index (χ1v) is 8.59. The van der Waals surface area contributed by atoms with Crippen molar-refractivity contribution in [1.82, 2.24) is 19.8 Å². The summed E-state index contributed by atoms with van der Waals surface area (Å²) in [5, 5.41) is 2.81. The van der Waals surface area contributed by atoms with Crippen LogP contribution in [0.1, 0.15) is 46.2 Å². The van der Waals surface area contributed by atoms with Crippen molar-refractivity contribution in [3.05, 3.63) is 18.2 Å². The Morgan fingerprint density at radius 2 is 2.26 bits per heavy atom. The molecule has 2 heterocycles. The lowest BCUT2D eigenvalue weighted by Crippen LogP contribution is -2.34. The van der Waals surface area contributed by atoms with E-state index in [9.17, 15) is 4.79 Å². The molecule has 1 atom stereocenters. The summed E-state index contributed by atoms with van der Waals surface area (Å²) in [6.07, 6.45) is 6.72. The number of likely N-dealkylation sites (tertiary alicyclic amines) is 1. The van der Waals surface area contributed by atoms with E-state index < -0.39 is 5.60 Å². The number of hydrogen-bond acceptors (Lipinski definition) is 4. The highest BCUT2D eigenvalue weighted by Gasteiger charge is 2.23. The predicted octanol–water partition coefficient (Wildman–Crippen LogP) is 2.43. The van der Waals surface area contributed by atoms with Gasteiger partial charge in [0.25, 0.3) is 0 Å². The first-order valence-electron chi connectivity index (χ1n) is 8.59. The first kappa shape index (κ1) is 17.8. The average Bonchev–Trinajstić information content (AvgIpc) is 3.07. The van der Waals surface area contributed by atoms with Crippen LogP contribution in [-0.2, 0) is 17.7 Å². The van der Waals surface area contributed by atoms with Crippen LogP contribution in [0.4, 0.5) is 4.79 Å². The number of carbonyl (C=O) groups is 1. The lowest BCUT2D eigenvalue weighted by atomic mass is 10.2. The van der Waals surface area contributed by atoms with Crippen LogP contribution in [0.3, 0.4) is 0 Å². The predicted molar refractivity (Wildman–Crippen MR) is 90.4 cm³/mol. The van der Waals surface area contributed by atoms with Crippen LogP contribution >= 0.6 is 0 Å². The number of carbonyl (C=O) groups excluding carboxylic acids is 1. The summed E-state index contributed by atoms with van der Waals surface area (Å²) in [6.45, 7) is 11.7. The van der Waals surface area contributed by atoms with Gasteiger partial charge in [-0.2, -0.15) is 0 Å². The van der Waals surface area contributed by atoms with E-state index >= 15 is 0 Å². The van der Waals surface area contributed by atoms with Gasteiger partial charge in [0.2, 0.25) is 0 Å². The lowest BCUT2D eigenvalue weighted by Gasteiger charge is -2.24. The molecule has 2 rings (SSSR count). The zero-order valence-electron chi connectivity index (χ0n) is 14.8. The standard InChI is InChI=1S/C17H30N4O2/c1-5-20-10-6-7-15(20)12-21-13-18-11-14(21)8-9-19-16(22)23-17(2,3)4/h11,13,15H,5-10,12H2,1-4H3,(H,19,22).